The molecule has 0 amide bonds. The van der Waals surface area contributed by atoms with Gasteiger partial charge in [0.05, 0.1) is 10.2 Å². The van der Waals surface area contributed by atoms with Crippen LogP contribution in [0.2, 0.25) is 0 Å². The third-order valence-electron chi connectivity index (χ3n) is 0.832. The first kappa shape index (κ1) is 6.96. The van der Waals surface area contributed by atoms with Gasteiger partial charge in [-0.15, -0.1) is 6.58 Å². The van der Waals surface area contributed by atoms with Crippen LogP contribution in [0.4, 0.5) is 0 Å². The molecule has 0 nitrogen and oxygen atoms in total. The van der Waals surface area contributed by atoms with Crippen LogP contribution in [0.3, 0.4) is 0 Å². The summed E-state index contributed by atoms with van der Waals surface area (Å²) in [5, 5.41) is 1.11. The molecule has 3 radical (unpaired) electrons. The predicted molar refractivity (Wildman–Crippen MR) is 34.4 cm³/mol. The fourth-order valence-corrected chi connectivity index (χ4v) is 0.567. The van der Waals surface area contributed by atoms with Gasteiger partial charge in [0.15, 0.2) is 0 Å². The second-order valence-corrected chi connectivity index (χ2v) is 2.41. The average molecular weight is 111 g/mol. The van der Waals surface area contributed by atoms with Crippen LogP contribution in [0.15, 0.2) is 11.8 Å². The third-order valence-corrected chi connectivity index (χ3v) is 1.08. The Morgan fingerprint density at radius 3 is 2.43 bits per heavy atom. The molecule has 1 heteroatoms. The summed E-state index contributed by atoms with van der Waals surface area (Å²) >= 11 is 0. The van der Waals surface area contributed by atoms with Gasteiger partial charge in [-0.05, 0) is 6.42 Å². The van der Waals surface area contributed by atoms with Crippen molar-refractivity contribution in [2.45, 2.75) is 26.2 Å². The Labute approximate surface area is 49.0 Å². The fraction of sp³-hybridized carbons (Fsp3) is 0.667. The number of hydrogen-bond acceptors (Lipinski definition) is 0. The van der Waals surface area contributed by atoms with E-state index in [-0.39, 0.29) is 0 Å². The summed E-state index contributed by atoms with van der Waals surface area (Å²) in [6, 6.07) is 0. The van der Waals surface area contributed by atoms with Gasteiger partial charge in [0.25, 0.3) is 0 Å². The molecular formula is C6H11Si. The highest BCUT2D eigenvalue weighted by molar-refractivity contribution is 6.21. The highest BCUT2D eigenvalue weighted by Gasteiger charge is 1.81. The molecule has 0 aliphatic rings. The molecule has 39 valence electrons. The van der Waals surface area contributed by atoms with Crippen LogP contribution in [-0.4, -0.2) is 10.2 Å². The quantitative estimate of drug-likeness (QED) is 0.488. The molecule has 0 aliphatic heterocycles. The van der Waals surface area contributed by atoms with E-state index in [9.17, 15) is 0 Å². The summed E-state index contributed by atoms with van der Waals surface area (Å²) in [5.41, 5.74) is 0. The van der Waals surface area contributed by atoms with Crippen LogP contribution < -0.4 is 0 Å². The van der Waals surface area contributed by atoms with Gasteiger partial charge < -0.3 is 0 Å². The van der Waals surface area contributed by atoms with Gasteiger partial charge in [0.1, 0.15) is 0 Å². The summed E-state index contributed by atoms with van der Waals surface area (Å²) < 4.78 is 0. The van der Waals surface area contributed by atoms with Crippen LogP contribution in [0.5, 0.6) is 0 Å². The molecule has 0 rings (SSSR count). The first-order valence-electron chi connectivity index (χ1n) is 2.66. The lowest BCUT2D eigenvalue weighted by Crippen LogP contribution is -1.76. The SMILES string of the molecule is C=C([Si])CCCC. The van der Waals surface area contributed by atoms with E-state index in [1.165, 1.54) is 12.8 Å². The molecule has 0 aliphatic carbocycles. The number of unbranched alkanes of at least 4 members (excludes halogenated alkanes) is 1. The van der Waals surface area contributed by atoms with Gasteiger partial charge in [0, 0.05) is 0 Å². The highest BCUT2D eigenvalue weighted by Crippen LogP contribution is 1.98. The Morgan fingerprint density at radius 1 is 1.71 bits per heavy atom. The van der Waals surface area contributed by atoms with Crippen molar-refractivity contribution < 1.29 is 0 Å². The van der Waals surface area contributed by atoms with E-state index in [1.807, 2.05) is 0 Å². The summed E-state index contributed by atoms with van der Waals surface area (Å²) in [4.78, 5) is 0. The van der Waals surface area contributed by atoms with Gasteiger partial charge in [0.2, 0.25) is 0 Å². The van der Waals surface area contributed by atoms with E-state index < -0.39 is 0 Å². The van der Waals surface area contributed by atoms with E-state index in [2.05, 4.69) is 23.7 Å². The Balaban J connectivity index is 2.82. The molecule has 0 heterocycles. The predicted octanol–water partition coefficient (Wildman–Crippen LogP) is 1.86. The van der Waals surface area contributed by atoms with Gasteiger partial charge in [-0.1, -0.05) is 25.0 Å². The second-order valence-electron chi connectivity index (χ2n) is 1.71. The van der Waals surface area contributed by atoms with Crippen LogP contribution in [0.25, 0.3) is 0 Å². The Morgan fingerprint density at radius 2 is 2.29 bits per heavy atom. The molecule has 0 spiro atoms. The van der Waals surface area contributed by atoms with Crippen LogP contribution >= 0.6 is 0 Å². The lowest BCUT2D eigenvalue weighted by molar-refractivity contribution is 0.808. The number of hydrogen-bond donors (Lipinski definition) is 0. The van der Waals surface area contributed by atoms with E-state index in [0.717, 1.165) is 11.6 Å². The average Bonchev–Trinajstić information content (AvgIpc) is 1.61. The molecule has 0 unspecified atom stereocenters. The number of allylic oxidation sites excluding steroid dienone is 1. The van der Waals surface area contributed by atoms with Crippen molar-refractivity contribution in [1.29, 1.82) is 0 Å². The van der Waals surface area contributed by atoms with Crippen molar-refractivity contribution in [2.75, 3.05) is 0 Å². The monoisotopic (exact) mass is 111 g/mol. The highest BCUT2D eigenvalue weighted by atomic mass is 28.1. The van der Waals surface area contributed by atoms with E-state index in [4.69, 9.17) is 0 Å². The van der Waals surface area contributed by atoms with Gasteiger partial charge in [-0.25, -0.2) is 0 Å². The Hall–Kier alpha value is -0.0431. The molecule has 0 saturated heterocycles. The zero-order chi connectivity index (χ0) is 5.70. The second kappa shape index (κ2) is 4.12. The summed E-state index contributed by atoms with van der Waals surface area (Å²) in [7, 11) is 3.33. The molecule has 0 atom stereocenters. The molecule has 0 N–H and O–H groups in total. The topological polar surface area (TPSA) is 0 Å². The Kier molecular flexibility index (Phi) is 4.10. The smallest absolute Gasteiger partial charge is 0.0642 e. The van der Waals surface area contributed by atoms with Crippen molar-refractivity contribution in [3.8, 4) is 0 Å². The maximum Gasteiger partial charge on any atom is 0.0642 e. The van der Waals surface area contributed by atoms with E-state index in [1.54, 1.807) is 0 Å². The van der Waals surface area contributed by atoms with Gasteiger partial charge >= 0.3 is 0 Å². The standard InChI is InChI=1S/C6H11Si/c1-3-4-5-6(2)7/h2-5H2,1H3. The first-order chi connectivity index (χ1) is 3.27. The minimum absolute atomic E-state index is 1.11. The maximum atomic E-state index is 3.71. The molecule has 0 saturated carbocycles. The largest absolute Gasteiger partial charge is 0.105 e. The number of rotatable bonds is 3. The van der Waals surface area contributed by atoms with Crippen LogP contribution in [-0.2, 0) is 0 Å². The van der Waals surface area contributed by atoms with Crippen molar-refractivity contribution in [3.63, 3.8) is 0 Å². The molecule has 0 aromatic carbocycles. The van der Waals surface area contributed by atoms with Gasteiger partial charge in [-0.2, -0.15) is 0 Å². The first-order valence-corrected chi connectivity index (χ1v) is 3.16. The van der Waals surface area contributed by atoms with Crippen molar-refractivity contribution in [1.82, 2.24) is 0 Å². The third kappa shape index (κ3) is 5.96. The maximum absolute atomic E-state index is 3.71. The summed E-state index contributed by atoms with van der Waals surface area (Å²) in [6.07, 6.45) is 3.62. The molecule has 0 aromatic heterocycles. The van der Waals surface area contributed by atoms with Crippen molar-refractivity contribution in [2.24, 2.45) is 0 Å². The zero-order valence-electron chi connectivity index (χ0n) is 4.83. The Bertz CT molecular complexity index is 57.2. The summed E-state index contributed by atoms with van der Waals surface area (Å²) in [6.45, 7) is 5.88. The van der Waals surface area contributed by atoms with E-state index in [0.29, 0.717) is 0 Å². The molecule has 0 aromatic rings. The lowest BCUT2D eigenvalue weighted by Gasteiger charge is -1.91. The van der Waals surface area contributed by atoms with Crippen molar-refractivity contribution >= 4 is 10.2 Å². The zero-order valence-corrected chi connectivity index (χ0v) is 5.83. The minimum atomic E-state index is 1.11. The summed E-state index contributed by atoms with van der Waals surface area (Å²) in [5.74, 6) is 0. The fourth-order valence-electron chi connectivity index (χ4n) is 0.390. The molecular weight excluding hydrogens is 100 g/mol. The van der Waals surface area contributed by atoms with Crippen LogP contribution in [0, 0.1) is 0 Å². The van der Waals surface area contributed by atoms with Crippen molar-refractivity contribution in [3.05, 3.63) is 11.8 Å². The van der Waals surface area contributed by atoms with Crippen LogP contribution in [0.1, 0.15) is 26.2 Å². The molecule has 0 fully saturated rings. The normalized spacial score (nSPS) is 8.86. The van der Waals surface area contributed by atoms with Gasteiger partial charge in [-0.3, -0.25) is 0 Å². The molecule has 7 heavy (non-hydrogen) atoms. The molecule has 0 bridgehead atoms. The minimum Gasteiger partial charge on any atom is -0.105 e. The lowest BCUT2D eigenvalue weighted by atomic mass is 10.2. The van der Waals surface area contributed by atoms with E-state index >= 15 is 0 Å².